The predicted molar refractivity (Wildman–Crippen MR) is 120 cm³/mol. The minimum absolute atomic E-state index is 0.0373. The molecule has 0 radical (unpaired) electrons. The van der Waals surface area contributed by atoms with Gasteiger partial charge in [0, 0.05) is 57.9 Å². The fourth-order valence-electron chi connectivity index (χ4n) is 4.25. The molecule has 7 heteroatoms. The molecular formula is C24H30ClFN2O3. The van der Waals surface area contributed by atoms with Gasteiger partial charge in [-0.25, -0.2) is 4.39 Å². The summed E-state index contributed by atoms with van der Waals surface area (Å²) in [7, 11) is 3.14. The number of halogens is 2. The molecule has 1 amide bonds. The van der Waals surface area contributed by atoms with Gasteiger partial charge in [0.2, 0.25) is 5.91 Å². The van der Waals surface area contributed by atoms with Crippen molar-refractivity contribution in [2.24, 2.45) is 5.92 Å². The largest absolute Gasteiger partial charge is 0.383 e. The molecule has 168 valence electrons. The Bertz CT molecular complexity index is 849. The highest BCUT2D eigenvalue weighted by atomic mass is 35.5. The third-order valence-corrected chi connectivity index (χ3v) is 6.01. The summed E-state index contributed by atoms with van der Waals surface area (Å²) in [5.41, 5.74) is 2.14. The fourth-order valence-corrected chi connectivity index (χ4v) is 4.38. The SMILES string of the molecule is COCCN(C[C@@H]1CN(Cc2ccc(Cl)cc2)C[C@H]1c1cccc(F)c1)C(=O)COC. The third kappa shape index (κ3) is 6.74. The second kappa shape index (κ2) is 11.6. The molecule has 5 nitrogen and oxygen atoms in total. The molecule has 2 aromatic rings. The van der Waals surface area contributed by atoms with E-state index in [0.717, 1.165) is 25.2 Å². The summed E-state index contributed by atoms with van der Waals surface area (Å²) in [4.78, 5) is 16.8. The topological polar surface area (TPSA) is 42.0 Å². The van der Waals surface area contributed by atoms with E-state index < -0.39 is 0 Å². The molecule has 0 spiro atoms. The van der Waals surface area contributed by atoms with E-state index in [4.69, 9.17) is 21.1 Å². The van der Waals surface area contributed by atoms with E-state index >= 15 is 0 Å². The molecule has 0 aliphatic carbocycles. The third-order valence-electron chi connectivity index (χ3n) is 5.75. The molecule has 2 aromatic carbocycles. The van der Waals surface area contributed by atoms with Crippen LogP contribution in [0.4, 0.5) is 4.39 Å². The lowest BCUT2D eigenvalue weighted by Crippen LogP contribution is -2.41. The van der Waals surface area contributed by atoms with Crippen LogP contribution in [0.3, 0.4) is 0 Å². The summed E-state index contributed by atoms with van der Waals surface area (Å²) in [5.74, 6) is 0.00273. The van der Waals surface area contributed by atoms with Crippen molar-refractivity contribution in [1.29, 1.82) is 0 Å². The first-order valence-corrected chi connectivity index (χ1v) is 10.9. The van der Waals surface area contributed by atoms with Gasteiger partial charge in [-0.2, -0.15) is 0 Å². The van der Waals surface area contributed by atoms with Crippen molar-refractivity contribution in [2.75, 3.05) is 53.6 Å². The lowest BCUT2D eigenvalue weighted by Gasteiger charge is -2.28. The molecule has 1 aliphatic rings. The molecule has 31 heavy (non-hydrogen) atoms. The van der Waals surface area contributed by atoms with Crippen molar-refractivity contribution < 1.29 is 18.7 Å². The van der Waals surface area contributed by atoms with Gasteiger partial charge in [0.25, 0.3) is 0 Å². The number of likely N-dealkylation sites (tertiary alicyclic amines) is 1. The zero-order valence-corrected chi connectivity index (χ0v) is 18.9. The van der Waals surface area contributed by atoms with Crippen molar-refractivity contribution in [2.45, 2.75) is 12.5 Å². The van der Waals surface area contributed by atoms with Gasteiger partial charge in [-0.3, -0.25) is 9.69 Å². The van der Waals surface area contributed by atoms with E-state index in [2.05, 4.69) is 4.90 Å². The Hall–Kier alpha value is -1.99. The van der Waals surface area contributed by atoms with Crippen LogP contribution in [-0.2, 0) is 20.8 Å². The molecule has 0 bridgehead atoms. The molecule has 0 unspecified atom stereocenters. The number of carbonyl (C=O) groups is 1. The molecule has 0 saturated carbocycles. The van der Waals surface area contributed by atoms with Crippen LogP contribution in [0, 0.1) is 11.7 Å². The predicted octanol–water partition coefficient (Wildman–Crippen LogP) is 3.82. The quantitative estimate of drug-likeness (QED) is 0.554. The van der Waals surface area contributed by atoms with E-state index in [9.17, 15) is 9.18 Å². The first kappa shape index (κ1) is 23.7. The minimum atomic E-state index is -0.237. The number of nitrogens with zero attached hydrogens (tertiary/aromatic N) is 2. The van der Waals surface area contributed by atoms with E-state index in [-0.39, 0.29) is 30.2 Å². The van der Waals surface area contributed by atoms with Crippen LogP contribution in [0.2, 0.25) is 5.02 Å². The Morgan fingerprint density at radius 3 is 2.61 bits per heavy atom. The molecule has 2 atom stereocenters. The number of benzene rings is 2. The monoisotopic (exact) mass is 448 g/mol. The summed E-state index contributed by atoms with van der Waals surface area (Å²) in [6.07, 6.45) is 0. The van der Waals surface area contributed by atoms with Crippen LogP contribution < -0.4 is 0 Å². The van der Waals surface area contributed by atoms with Crippen molar-refractivity contribution in [3.63, 3.8) is 0 Å². The molecule has 1 saturated heterocycles. The lowest BCUT2D eigenvalue weighted by molar-refractivity contribution is -0.136. The maximum Gasteiger partial charge on any atom is 0.248 e. The number of amides is 1. The summed E-state index contributed by atoms with van der Waals surface area (Å²) < 4.78 is 24.2. The number of carbonyl (C=O) groups excluding carboxylic acids is 1. The maximum atomic E-state index is 14.0. The summed E-state index contributed by atoms with van der Waals surface area (Å²) in [6, 6.07) is 14.6. The normalized spacial score (nSPS) is 19.0. The van der Waals surface area contributed by atoms with Crippen LogP contribution in [0.25, 0.3) is 0 Å². The van der Waals surface area contributed by atoms with Crippen LogP contribution in [0.5, 0.6) is 0 Å². The van der Waals surface area contributed by atoms with E-state index in [1.807, 2.05) is 30.3 Å². The van der Waals surface area contributed by atoms with Crippen molar-refractivity contribution in [1.82, 2.24) is 9.80 Å². The minimum Gasteiger partial charge on any atom is -0.383 e. The molecule has 1 fully saturated rings. The number of methoxy groups -OCH3 is 2. The Labute approximate surface area is 188 Å². The van der Waals surface area contributed by atoms with E-state index in [1.165, 1.54) is 18.7 Å². The van der Waals surface area contributed by atoms with Crippen LogP contribution in [-0.4, -0.2) is 69.3 Å². The molecule has 0 aromatic heterocycles. The highest BCUT2D eigenvalue weighted by Crippen LogP contribution is 2.34. The first-order valence-electron chi connectivity index (χ1n) is 10.5. The number of rotatable bonds is 10. The van der Waals surface area contributed by atoms with Crippen LogP contribution in [0.1, 0.15) is 17.0 Å². The van der Waals surface area contributed by atoms with Crippen molar-refractivity contribution in [3.05, 3.63) is 70.5 Å². The molecular weight excluding hydrogens is 419 g/mol. The Balaban J connectivity index is 1.79. The second-order valence-corrected chi connectivity index (χ2v) is 8.44. The summed E-state index contributed by atoms with van der Waals surface area (Å²) in [5, 5.41) is 0.714. The highest BCUT2D eigenvalue weighted by molar-refractivity contribution is 6.30. The number of hydrogen-bond acceptors (Lipinski definition) is 4. The van der Waals surface area contributed by atoms with Gasteiger partial charge in [-0.05, 0) is 41.3 Å². The van der Waals surface area contributed by atoms with Crippen molar-refractivity contribution >= 4 is 17.5 Å². The average molecular weight is 449 g/mol. The van der Waals surface area contributed by atoms with Crippen molar-refractivity contribution in [3.8, 4) is 0 Å². The second-order valence-electron chi connectivity index (χ2n) is 8.01. The van der Waals surface area contributed by atoms with Gasteiger partial charge in [0.15, 0.2) is 0 Å². The fraction of sp³-hybridized carbons (Fsp3) is 0.458. The smallest absolute Gasteiger partial charge is 0.248 e. The zero-order valence-electron chi connectivity index (χ0n) is 18.1. The average Bonchev–Trinajstić information content (AvgIpc) is 3.15. The van der Waals surface area contributed by atoms with E-state index in [0.29, 0.717) is 24.7 Å². The molecule has 3 rings (SSSR count). The molecule has 1 heterocycles. The van der Waals surface area contributed by atoms with Gasteiger partial charge in [0.05, 0.1) is 6.61 Å². The molecule has 0 N–H and O–H groups in total. The van der Waals surface area contributed by atoms with Gasteiger partial charge < -0.3 is 14.4 Å². The Kier molecular flexibility index (Phi) is 8.84. The number of ether oxygens (including phenoxy) is 2. The van der Waals surface area contributed by atoms with Gasteiger partial charge in [-0.1, -0.05) is 35.9 Å². The van der Waals surface area contributed by atoms with Crippen LogP contribution >= 0.6 is 11.6 Å². The Morgan fingerprint density at radius 1 is 1.16 bits per heavy atom. The Morgan fingerprint density at radius 2 is 1.94 bits per heavy atom. The van der Waals surface area contributed by atoms with E-state index in [1.54, 1.807) is 24.1 Å². The van der Waals surface area contributed by atoms with Gasteiger partial charge in [0.1, 0.15) is 12.4 Å². The van der Waals surface area contributed by atoms with Crippen LogP contribution in [0.15, 0.2) is 48.5 Å². The van der Waals surface area contributed by atoms with Gasteiger partial charge in [-0.15, -0.1) is 0 Å². The highest BCUT2D eigenvalue weighted by Gasteiger charge is 2.35. The number of hydrogen-bond donors (Lipinski definition) is 0. The molecule has 1 aliphatic heterocycles. The maximum absolute atomic E-state index is 14.0. The summed E-state index contributed by atoms with van der Waals surface area (Å²) in [6.45, 7) is 3.97. The lowest BCUT2D eigenvalue weighted by atomic mass is 9.88. The van der Waals surface area contributed by atoms with Gasteiger partial charge >= 0.3 is 0 Å². The summed E-state index contributed by atoms with van der Waals surface area (Å²) >= 11 is 6.02. The zero-order chi connectivity index (χ0) is 22.2. The standard InChI is InChI=1S/C24H30ClFN2O3/c1-30-11-10-28(24(29)17-31-2)15-20-14-27(13-18-6-8-21(25)9-7-18)16-23(20)19-4-3-5-22(26)12-19/h3-9,12,20,23H,10-11,13-17H2,1-2H3/t20-,23-/m0/s1. The first-order chi connectivity index (χ1) is 15.0.